The van der Waals surface area contributed by atoms with Gasteiger partial charge in [0.1, 0.15) is 0 Å². The number of hydrogen-bond donors (Lipinski definition) is 1. The van der Waals surface area contributed by atoms with E-state index in [0.29, 0.717) is 6.42 Å². The van der Waals surface area contributed by atoms with Gasteiger partial charge in [-0.1, -0.05) is 19.8 Å². The van der Waals surface area contributed by atoms with Crippen LogP contribution >= 0.6 is 11.6 Å². The molecule has 0 aromatic heterocycles. The molecule has 0 unspecified atom stereocenters. The number of sulfone groups is 1. The normalized spacial score (nSPS) is 27.9. The Labute approximate surface area is 102 Å². The van der Waals surface area contributed by atoms with Crippen LogP contribution in [0.5, 0.6) is 0 Å². The first-order valence-corrected chi connectivity index (χ1v) is 7.84. The lowest BCUT2D eigenvalue weighted by molar-refractivity contribution is -0.121. The summed E-state index contributed by atoms with van der Waals surface area (Å²) in [7, 11) is -3.06. The number of unbranched alkanes of at least 4 members (excludes halogenated alkanes) is 2. The highest BCUT2D eigenvalue weighted by Gasteiger charge is 2.37. The molecular weight excluding hydrogens is 250 g/mol. The first kappa shape index (κ1) is 13.8. The van der Waals surface area contributed by atoms with Crippen molar-refractivity contribution < 1.29 is 13.2 Å². The van der Waals surface area contributed by atoms with Gasteiger partial charge in [0.25, 0.3) is 0 Å². The van der Waals surface area contributed by atoms with E-state index in [9.17, 15) is 13.2 Å². The molecule has 0 saturated carbocycles. The number of hydrogen-bond acceptors (Lipinski definition) is 3. The Kier molecular flexibility index (Phi) is 5.05. The van der Waals surface area contributed by atoms with E-state index in [-0.39, 0.29) is 17.4 Å². The van der Waals surface area contributed by atoms with E-state index in [1.807, 2.05) is 0 Å². The minimum Gasteiger partial charge on any atom is -0.351 e. The van der Waals surface area contributed by atoms with Crippen LogP contribution in [-0.2, 0) is 14.6 Å². The molecule has 0 spiro atoms. The van der Waals surface area contributed by atoms with Gasteiger partial charge in [0, 0.05) is 6.42 Å². The molecule has 0 aliphatic carbocycles. The number of nitrogens with one attached hydrogen (secondary N) is 1. The molecule has 1 saturated heterocycles. The van der Waals surface area contributed by atoms with Crippen LogP contribution in [0.4, 0.5) is 0 Å². The highest BCUT2D eigenvalue weighted by Crippen LogP contribution is 2.18. The Morgan fingerprint density at radius 2 is 2.06 bits per heavy atom. The van der Waals surface area contributed by atoms with Gasteiger partial charge in [-0.2, -0.15) is 0 Å². The standard InChI is InChI=1S/C10H18ClNO3S/c1-2-3-4-5-10(13)12-9-7-16(14,15)6-8(9)11/h8-9H,2-7H2,1H3,(H,12,13)/t8-,9+/m1/s1. The van der Waals surface area contributed by atoms with Gasteiger partial charge >= 0.3 is 0 Å². The molecule has 1 N–H and O–H groups in total. The third-order valence-corrected chi connectivity index (χ3v) is 5.01. The minimum absolute atomic E-state index is 0.0271. The molecule has 16 heavy (non-hydrogen) atoms. The maximum atomic E-state index is 11.5. The van der Waals surface area contributed by atoms with Crippen molar-refractivity contribution >= 4 is 27.3 Å². The van der Waals surface area contributed by atoms with Gasteiger partial charge in [0.05, 0.1) is 22.9 Å². The predicted octanol–water partition coefficient (Wildman–Crippen LogP) is 1.09. The monoisotopic (exact) mass is 267 g/mol. The Hall–Kier alpha value is -0.290. The molecule has 0 aromatic carbocycles. The molecule has 0 radical (unpaired) electrons. The van der Waals surface area contributed by atoms with E-state index in [2.05, 4.69) is 12.2 Å². The fraction of sp³-hybridized carbons (Fsp3) is 0.900. The van der Waals surface area contributed by atoms with Gasteiger partial charge in [-0.15, -0.1) is 11.6 Å². The van der Waals surface area contributed by atoms with Crippen LogP contribution in [0.15, 0.2) is 0 Å². The predicted molar refractivity (Wildman–Crippen MR) is 64.4 cm³/mol. The number of halogens is 1. The van der Waals surface area contributed by atoms with Crippen LogP contribution in [0.1, 0.15) is 32.6 Å². The summed E-state index contributed by atoms with van der Waals surface area (Å²) < 4.78 is 22.5. The van der Waals surface area contributed by atoms with Gasteiger partial charge in [0.2, 0.25) is 5.91 Å². The summed E-state index contributed by atoms with van der Waals surface area (Å²) in [5.74, 6) is -0.156. The number of rotatable bonds is 5. The van der Waals surface area contributed by atoms with E-state index in [1.165, 1.54) is 0 Å². The molecule has 2 atom stereocenters. The first-order valence-electron chi connectivity index (χ1n) is 5.58. The summed E-state index contributed by atoms with van der Waals surface area (Å²) in [4.78, 5) is 11.5. The second kappa shape index (κ2) is 5.87. The van der Waals surface area contributed by atoms with Crippen LogP contribution in [0, 0.1) is 0 Å². The van der Waals surface area contributed by atoms with Gasteiger partial charge in [0.15, 0.2) is 9.84 Å². The number of carbonyl (C=O) groups is 1. The Morgan fingerprint density at radius 3 is 2.56 bits per heavy atom. The fourth-order valence-corrected chi connectivity index (χ4v) is 4.30. The summed E-state index contributed by atoms with van der Waals surface area (Å²) in [6.45, 7) is 2.07. The summed E-state index contributed by atoms with van der Waals surface area (Å²) in [6, 6.07) is -0.416. The highest BCUT2D eigenvalue weighted by atomic mass is 35.5. The summed E-state index contributed by atoms with van der Waals surface area (Å²) in [5, 5.41) is 2.21. The van der Waals surface area contributed by atoms with Crippen molar-refractivity contribution in [2.24, 2.45) is 0 Å². The maximum absolute atomic E-state index is 11.5. The topological polar surface area (TPSA) is 63.2 Å². The fourth-order valence-electron chi connectivity index (χ4n) is 1.75. The molecule has 1 fully saturated rings. The summed E-state index contributed by atoms with van der Waals surface area (Å²) in [6.07, 6.45) is 3.37. The minimum atomic E-state index is -3.06. The second-order valence-corrected chi connectivity index (χ2v) is 6.94. The van der Waals surface area contributed by atoms with Gasteiger partial charge in [-0.3, -0.25) is 4.79 Å². The quantitative estimate of drug-likeness (QED) is 0.599. The average molecular weight is 268 g/mol. The summed E-state index contributed by atoms with van der Waals surface area (Å²) >= 11 is 5.87. The molecule has 1 aliphatic heterocycles. The SMILES string of the molecule is CCCCCC(=O)N[C@H]1CS(=O)(=O)C[C@H]1Cl. The van der Waals surface area contributed by atoms with Crippen molar-refractivity contribution in [1.82, 2.24) is 5.32 Å². The van der Waals surface area contributed by atoms with Crippen molar-refractivity contribution in [3.05, 3.63) is 0 Å². The Bertz CT molecular complexity index is 342. The van der Waals surface area contributed by atoms with E-state index < -0.39 is 21.3 Å². The van der Waals surface area contributed by atoms with Crippen LogP contribution in [-0.4, -0.2) is 37.2 Å². The maximum Gasteiger partial charge on any atom is 0.220 e. The lowest BCUT2D eigenvalue weighted by atomic mass is 10.2. The van der Waals surface area contributed by atoms with E-state index >= 15 is 0 Å². The van der Waals surface area contributed by atoms with Crippen LogP contribution in [0.3, 0.4) is 0 Å². The molecule has 0 bridgehead atoms. The molecule has 1 amide bonds. The van der Waals surface area contributed by atoms with Crippen LogP contribution < -0.4 is 5.32 Å². The van der Waals surface area contributed by atoms with Crippen LogP contribution in [0.25, 0.3) is 0 Å². The Balaban J connectivity index is 2.35. The average Bonchev–Trinajstić information content (AvgIpc) is 2.40. The molecule has 1 rings (SSSR count). The molecule has 0 aromatic rings. The van der Waals surface area contributed by atoms with E-state index in [1.54, 1.807) is 0 Å². The van der Waals surface area contributed by atoms with E-state index in [0.717, 1.165) is 19.3 Å². The molecule has 1 aliphatic rings. The molecular formula is C10H18ClNO3S. The highest BCUT2D eigenvalue weighted by molar-refractivity contribution is 7.91. The van der Waals surface area contributed by atoms with Gasteiger partial charge in [-0.05, 0) is 6.42 Å². The van der Waals surface area contributed by atoms with Crippen molar-refractivity contribution in [1.29, 1.82) is 0 Å². The third-order valence-electron chi connectivity index (χ3n) is 2.64. The van der Waals surface area contributed by atoms with Crippen molar-refractivity contribution in [2.45, 2.75) is 44.0 Å². The lowest BCUT2D eigenvalue weighted by Gasteiger charge is -2.13. The molecule has 1 heterocycles. The molecule has 6 heteroatoms. The third kappa shape index (κ3) is 4.29. The number of carbonyl (C=O) groups excluding carboxylic acids is 1. The lowest BCUT2D eigenvalue weighted by Crippen LogP contribution is -2.40. The van der Waals surface area contributed by atoms with E-state index in [4.69, 9.17) is 11.6 Å². The number of alkyl halides is 1. The second-order valence-electron chi connectivity index (χ2n) is 4.22. The van der Waals surface area contributed by atoms with Gasteiger partial charge in [-0.25, -0.2) is 8.42 Å². The van der Waals surface area contributed by atoms with Crippen molar-refractivity contribution in [3.8, 4) is 0 Å². The summed E-state index contributed by atoms with van der Waals surface area (Å²) in [5.41, 5.74) is 0. The molecule has 4 nitrogen and oxygen atoms in total. The number of amides is 1. The van der Waals surface area contributed by atoms with Gasteiger partial charge < -0.3 is 5.32 Å². The first-order chi connectivity index (χ1) is 7.44. The zero-order valence-electron chi connectivity index (χ0n) is 9.41. The smallest absolute Gasteiger partial charge is 0.220 e. The van der Waals surface area contributed by atoms with Crippen molar-refractivity contribution in [3.63, 3.8) is 0 Å². The van der Waals surface area contributed by atoms with Crippen LogP contribution in [0.2, 0.25) is 0 Å². The zero-order chi connectivity index (χ0) is 12.2. The molecule has 94 valence electrons. The largest absolute Gasteiger partial charge is 0.351 e. The van der Waals surface area contributed by atoms with Crippen molar-refractivity contribution in [2.75, 3.05) is 11.5 Å². The Morgan fingerprint density at radius 1 is 1.38 bits per heavy atom. The zero-order valence-corrected chi connectivity index (χ0v) is 11.0.